The van der Waals surface area contributed by atoms with Gasteiger partial charge in [0.25, 0.3) is 0 Å². The second kappa shape index (κ2) is 15.7. The van der Waals surface area contributed by atoms with Crippen molar-refractivity contribution < 1.29 is 17.9 Å². The minimum atomic E-state index is -3.58. The maximum absolute atomic E-state index is 13.3. The van der Waals surface area contributed by atoms with Gasteiger partial charge in [-0.1, -0.05) is 99.6 Å². The Balaban J connectivity index is 1.36. The van der Waals surface area contributed by atoms with Gasteiger partial charge >= 0.3 is 6.09 Å². The number of likely N-dealkylation sites (N-methyl/N-ethyl adjacent to an activating group) is 1. The molecule has 1 fully saturated rings. The van der Waals surface area contributed by atoms with Crippen molar-refractivity contribution in [1.29, 1.82) is 0 Å². The van der Waals surface area contributed by atoms with E-state index in [0.717, 1.165) is 56.4 Å². The normalized spacial score (nSPS) is 15.7. The summed E-state index contributed by atoms with van der Waals surface area (Å²) in [7, 11) is -1.91. The number of nitrogens with zero attached hydrogens (tertiary/aromatic N) is 3. The SMILES string of the molecule is CN(CC(CCN1CCC(N(CCC(C)(C)C)C(=O)OCc2ccccc2)CC1)c1ccccc1)S(=O)(=O)c1ccccc1. The number of carbonyl (C=O) groups is 1. The summed E-state index contributed by atoms with van der Waals surface area (Å²) in [5.41, 5.74) is 2.25. The Bertz CT molecular complexity index is 1390. The molecule has 0 radical (unpaired) electrons. The Morgan fingerprint density at radius 2 is 1.48 bits per heavy atom. The van der Waals surface area contributed by atoms with Crippen LogP contribution in [0.3, 0.4) is 0 Å². The lowest BCUT2D eigenvalue weighted by molar-refractivity contribution is 0.0555. The summed E-state index contributed by atoms with van der Waals surface area (Å²) in [4.78, 5) is 18.0. The fourth-order valence-corrected chi connectivity index (χ4v) is 6.98. The molecule has 3 aromatic rings. The molecule has 0 saturated carbocycles. The van der Waals surface area contributed by atoms with Crippen LogP contribution in [0.1, 0.15) is 63.5 Å². The van der Waals surface area contributed by atoms with Gasteiger partial charge in [0.2, 0.25) is 10.0 Å². The summed E-state index contributed by atoms with van der Waals surface area (Å²) >= 11 is 0. The van der Waals surface area contributed by atoms with Crippen molar-refractivity contribution in [2.75, 3.05) is 39.8 Å². The Kier molecular flexibility index (Phi) is 12.0. The van der Waals surface area contributed by atoms with E-state index in [9.17, 15) is 13.2 Å². The highest BCUT2D eigenvalue weighted by atomic mass is 32.2. The summed E-state index contributed by atoms with van der Waals surface area (Å²) in [6.45, 7) is 10.6. The fourth-order valence-electron chi connectivity index (χ4n) is 5.74. The van der Waals surface area contributed by atoms with E-state index in [1.807, 2.05) is 59.5 Å². The van der Waals surface area contributed by atoms with Gasteiger partial charge in [0.1, 0.15) is 6.61 Å². The smallest absolute Gasteiger partial charge is 0.410 e. The molecule has 238 valence electrons. The highest BCUT2D eigenvalue weighted by Gasteiger charge is 2.31. The molecule has 0 bridgehead atoms. The largest absolute Gasteiger partial charge is 0.445 e. The van der Waals surface area contributed by atoms with E-state index in [4.69, 9.17) is 4.74 Å². The number of piperidine rings is 1. The van der Waals surface area contributed by atoms with E-state index in [-0.39, 0.29) is 30.1 Å². The van der Waals surface area contributed by atoms with Gasteiger partial charge < -0.3 is 14.5 Å². The van der Waals surface area contributed by atoms with Crippen molar-refractivity contribution in [1.82, 2.24) is 14.1 Å². The third-order valence-electron chi connectivity index (χ3n) is 8.53. The molecule has 1 aliphatic rings. The van der Waals surface area contributed by atoms with E-state index in [2.05, 4.69) is 37.8 Å². The predicted octanol–water partition coefficient (Wildman–Crippen LogP) is 7.02. The van der Waals surface area contributed by atoms with E-state index in [1.165, 1.54) is 4.31 Å². The van der Waals surface area contributed by atoms with Crippen LogP contribution < -0.4 is 0 Å². The number of amides is 1. The molecule has 0 spiro atoms. The number of likely N-dealkylation sites (tertiary alicyclic amines) is 1. The molecule has 3 aromatic carbocycles. The minimum Gasteiger partial charge on any atom is -0.445 e. The molecule has 0 N–H and O–H groups in total. The molecule has 1 amide bonds. The van der Waals surface area contributed by atoms with Crippen molar-refractivity contribution in [3.8, 4) is 0 Å². The van der Waals surface area contributed by atoms with Crippen LogP contribution >= 0.6 is 0 Å². The van der Waals surface area contributed by atoms with Gasteiger partial charge in [0, 0.05) is 39.3 Å². The summed E-state index contributed by atoms with van der Waals surface area (Å²) in [5, 5.41) is 0. The number of sulfonamides is 1. The predicted molar refractivity (Wildman–Crippen MR) is 177 cm³/mol. The van der Waals surface area contributed by atoms with Crippen LogP contribution in [0.15, 0.2) is 95.9 Å². The first kappa shape index (κ1) is 33.7. The molecule has 1 heterocycles. The highest BCUT2D eigenvalue weighted by molar-refractivity contribution is 7.89. The highest BCUT2D eigenvalue weighted by Crippen LogP contribution is 2.27. The molecule has 1 saturated heterocycles. The summed E-state index contributed by atoms with van der Waals surface area (Å²) in [6.07, 6.45) is 3.30. The molecule has 1 unspecified atom stereocenters. The quantitative estimate of drug-likeness (QED) is 0.206. The lowest BCUT2D eigenvalue weighted by Crippen LogP contribution is -2.48. The van der Waals surface area contributed by atoms with Crippen LogP contribution in [0.4, 0.5) is 4.79 Å². The fraction of sp³-hybridized carbons (Fsp3) is 0.472. The zero-order chi connectivity index (χ0) is 31.6. The van der Waals surface area contributed by atoms with Crippen LogP contribution in [0, 0.1) is 5.41 Å². The average molecular weight is 620 g/mol. The van der Waals surface area contributed by atoms with Gasteiger partial charge in [0.05, 0.1) is 4.90 Å². The molecule has 4 rings (SSSR count). The van der Waals surface area contributed by atoms with E-state index < -0.39 is 10.0 Å². The first-order valence-corrected chi connectivity index (χ1v) is 17.2. The van der Waals surface area contributed by atoms with Gasteiger partial charge in [-0.15, -0.1) is 0 Å². The molecule has 8 heteroatoms. The molecule has 1 aliphatic heterocycles. The Hall–Kier alpha value is -3.20. The molecular formula is C36H49N3O4S. The van der Waals surface area contributed by atoms with E-state index in [0.29, 0.717) is 18.0 Å². The summed E-state index contributed by atoms with van der Waals surface area (Å²) < 4.78 is 33.8. The summed E-state index contributed by atoms with van der Waals surface area (Å²) in [6, 6.07) is 28.8. The molecule has 7 nitrogen and oxygen atoms in total. The van der Waals surface area contributed by atoms with Crippen molar-refractivity contribution >= 4 is 16.1 Å². The molecule has 1 atom stereocenters. The van der Waals surface area contributed by atoms with Crippen LogP contribution in [0.25, 0.3) is 0 Å². The number of carbonyl (C=O) groups excluding carboxylic acids is 1. The lowest BCUT2D eigenvalue weighted by atomic mass is 9.91. The molecular weight excluding hydrogens is 570 g/mol. The van der Waals surface area contributed by atoms with Gasteiger partial charge in [0.15, 0.2) is 0 Å². The maximum Gasteiger partial charge on any atom is 0.410 e. The van der Waals surface area contributed by atoms with E-state index in [1.54, 1.807) is 31.3 Å². The molecule has 44 heavy (non-hydrogen) atoms. The third-order valence-corrected chi connectivity index (χ3v) is 10.4. The first-order valence-electron chi connectivity index (χ1n) is 15.8. The summed E-state index contributed by atoms with van der Waals surface area (Å²) in [5.74, 6) is 0.0636. The number of benzene rings is 3. The lowest BCUT2D eigenvalue weighted by Gasteiger charge is -2.39. The second-order valence-electron chi connectivity index (χ2n) is 13.1. The van der Waals surface area contributed by atoms with Crippen molar-refractivity contribution in [3.63, 3.8) is 0 Å². The first-order chi connectivity index (χ1) is 21.0. The zero-order valence-corrected chi connectivity index (χ0v) is 27.6. The van der Waals surface area contributed by atoms with Gasteiger partial charge in [-0.05, 0) is 66.8 Å². The minimum absolute atomic E-state index is 0.0636. The number of hydrogen-bond acceptors (Lipinski definition) is 5. The van der Waals surface area contributed by atoms with Gasteiger partial charge in [-0.2, -0.15) is 0 Å². The van der Waals surface area contributed by atoms with Crippen LogP contribution in [0.5, 0.6) is 0 Å². The van der Waals surface area contributed by atoms with Gasteiger partial charge in [-0.25, -0.2) is 17.5 Å². The molecule has 0 aliphatic carbocycles. The Morgan fingerprint density at radius 3 is 2.07 bits per heavy atom. The van der Waals surface area contributed by atoms with Crippen LogP contribution in [0.2, 0.25) is 0 Å². The van der Waals surface area contributed by atoms with Crippen molar-refractivity contribution in [2.24, 2.45) is 5.41 Å². The van der Waals surface area contributed by atoms with E-state index >= 15 is 0 Å². The topological polar surface area (TPSA) is 70.2 Å². The maximum atomic E-state index is 13.3. The Morgan fingerprint density at radius 1 is 0.909 bits per heavy atom. The van der Waals surface area contributed by atoms with Crippen molar-refractivity contribution in [2.45, 2.75) is 69.9 Å². The molecule has 0 aromatic heterocycles. The zero-order valence-electron chi connectivity index (χ0n) is 26.8. The van der Waals surface area contributed by atoms with Crippen LogP contribution in [-0.2, 0) is 21.4 Å². The monoisotopic (exact) mass is 619 g/mol. The number of ether oxygens (including phenoxy) is 1. The van der Waals surface area contributed by atoms with Crippen LogP contribution in [-0.4, -0.2) is 74.4 Å². The van der Waals surface area contributed by atoms with Crippen molar-refractivity contribution in [3.05, 3.63) is 102 Å². The Labute approximate surface area is 264 Å². The third kappa shape index (κ3) is 9.91. The number of hydrogen-bond donors (Lipinski definition) is 0. The standard InChI is InChI=1S/C36H49N3O4S/c1-36(2,3)23-27-39(35(40)43-29-30-14-8-5-9-15-30)33-21-25-38(26-22-33)24-20-32(31-16-10-6-11-17-31)28-37(4)44(41,42)34-18-12-7-13-19-34/h5-19,32-33H,20-29H2,1-4H3. The average Bonchev–Trinajstić information content (AvgIpc) is 3.03. The number of rotatable bonds is 13. The second-order valence-corrected chi connectivity index (χ2v) is 15.2. The van der Waals surface area contributed by atoms with Gasteiger partial charge in [-0.3, -0.25) is 0 Å².